The molecule has 0 atom stereocenters. The molecule has 14 rings (SSSR count). The van der Waals surface area contributed by atoms with Gasteiger partial charge in [0, 0.05) is 43.2 Å². The number of aromatic nitrogens is 8. The summed E-state index contributed by atoms with van der Waals surface area (Å²) >= 11 is 15.7. The molecule has 4 aromatic heterocycles. The SMILES string of the molecule is Brc1ccc(-c2nc(-c3ccccc3)nc(-c3ccc(-c4ccccc4)cc3)n2)cc1.Clc1nc(-c2ccccc2)c2oc3ccccc3c2n1.Clc1nc(-c2ccccc2)nc(-c2ccc3c(ccc4ccccc43)c2)n1. The fraction of sp³-hybridized carbons (Fsp3) is 0. The largest absolute Gasteiger partial charge is 0.452 e. The number of nitrogens with zero attached hydrogens (tertiary/aromatic N) is 8. The number of benzene rings is 10. The van der Waals surface area contributed by atoms with Crippen molar-refractivity contribution in [2.75, 3.05) is 0 Å². The number of furan rings is 1. The van der Waals surface area contributed by atoms with Gasteiger partial charge in [0.1, 0.15) is 16.8 Å². The van der Waals surface area contributed by atoms with Crippen molar-refractivity contribution in [1.82, 2.24) is 39.9 Å². The number of para-hydroxylation sites is 1. The molecule has 9 nitrogen and oxygen atoms in total. The van der Waals surface area contributed by atoms with Gasteiger partial charge in [0.15, 0.2) is 34.7 Å². The van der Waals surface area contributed by atoms with Gasteiger partial charge in [-0.3, -0.25) is 0 Å². The maximum absolute atomic E-state index is 6.18. The number of hydrogen-bond donors (Lipinski definition) is 0. The molecule has 12 heteroatoms. The van der Waals surface area contributed by atoms with Crippen molar-refractivity contribution in [3.8, 4) is 79.3 Å². The molecule has 0 aliphatic heterocycles. The van der Waals surface area contributed by atoms with Crippen LogP contribution in [0.4, 0.5) is 0 Å². The molecule has 372 valence electrons. The summed E-state index contributed by atoms with van der Waals surface area (Å²) in [6.07, 6.45) is 0. The van der Waals surface area contributed by atoms with Crippen LogP contribution < -0.4 is 0 Å². The van der Waals surface area contributed by atoms with Crippen LogP contribution in [0, 0.1) is 0 Å². The molecule has 0 amide bonds. The lowest BCUT2D eigenvalue weighted by Gasteiger charge is -2.09. The Hall–Kier alpha value is -9.32. The van der Waals surface area contributed by atoms with Crippen molar-refractivity contribution in [3.63, 3.8) is 0 Å². The van der Waals surface area contributed by atoms with Crippen LogP contribution >= 0.6 is 39.1 Å². The van der Waals surface area contributed by atoms with Crippen molar-refractivity contribution in [2.24, 2.45) is 0 Å². The van der Waals surface area contributed by atoms with Crippen LogP contribution in [0.25, 0.3) is 123 Å². The predicted molar refractivity (Wildman–Crippen MR) is 320 cm³/mol. The first-order chi connectivity index (χ1) is 38.4. The maximum Gasteiger partial charge on any atom is 0.226 e. The molecule has 14 aromatic rings. The highest BCUT2D eigenvalue weighted by atomic mass is 79.9. The van der Waals surface area contributed by atoms with Crippen LogP contribution in [0.5, 0.6) is 0 Å². The van der Waals surface area contributed by atoms with E-state index in [1.165, 1.54) is 21.7 Å². The lowest BCUT2D eigenvalue weighted by molar-refractivity contribution is 0.667. The highest BCUT2D eigenvalue weighted by Gasteiger charge is 2.17. The van der Waals surface area contributed by atoms with Crippen LogP contribution in [0.3, 0.4) is 0 Å². The molecule has 10 aromatic carbocycles. The third-order valence-corrected chi connectivity index (χ3v) is 13.8. The Balaban J connectivity index is 0.000000120. The number of fused-ring (bicyclic) bond motifs is 6. The highest BCUT2D eigenvalue weighted by molar-refractivity contribution is 9.10. The van der Waals surface area contributed by atoms with Gasteiger partial charge in [-0.25, -0.2) is 29.9 Å². The molecule has 0 saturated heterocycles. The predicted octanol–water partition coefficient (Wildman–Crippen LogP) is 18.2. The lowest BCUT2D eigenvalue weighted by Crippen LogP contribution is -2.00. The van der Waals surface area contributed by atoms with Gasteiger partial charge in [0.05, 0.1) is 0 Å². The summed E-state index contributed by atoms with van der Waals surface area (Å²) in [4.78, 5) is 36.2. The van der Waals surface area contributed by atoms with Crippen molar-refractivity contribution < 1.29 is 4.42 Å². The number of rotatable bonds is 7. The molecule has 0 radical (unpaired) electrons. The molecule has 0 N–H and O–H groups in total. The summed E-state index contributed by atoms with van der Waals surface area (Å²) in [5, 5.41) is 6.18. The fourth-order valence-electron chi connectivity index (χ4n) is 9.09. The van der Waals surface area contributed by atoms with Crippen LogP contribution in [0.2, 0.25) is 10.6 Å². The van der Waals surface area contributed by atoms with Crippen LogP contribution in [-0.2, 0) is 0 Å². The molecular weight excluding hydrogens is 1070 g/mol. The molecule has 0 aliphatic carbocycles. The third kappa shape index (κ3) is 10.9. The van der Waals surface area contributed by atoms with Gasteiger partial charge in [-0.1, -0.05) is 234 Å². The Morgan fingerprint density at radius 2 is 0.692 bits per heavy atom. The van der Waals surface area contributed by atoms with Gasteiger partial charge >= 0.3 is 0 Å². The van der Waals surface area contributed by atoms with E-state index in [4.69, 9.17) is 42.6 Å². The van der Waals surface area contributed by atoms with E-state index in [0.29, 0.717) is 34.7 Å². The van der Waals surface area contributed by atoms with Crippen molar-refractivity contribution in [1.29, 1.82) is 0 Å². The summed E-state index contributed by atoms with van der Waals surface area (Å²) in [5.74, 6) is 3.12. The lowest BCUT2D eigenvalue weighted by atomic mass is 10.00. The zero-order chi connectivity index (χ0) is 52.8. The van der Waals surface area contributed by atoms with E-state index in [9.17, 15) is 0 Å². The van der Waals surface area contributed by atoms with Gasteiger partial charge in [-0.2, -0.15) is 9.97 Å². The van der Waals surface area contributed by atoms with Crippen LogP contribution in [-0.4, -0.2) is 39.9 Å². The summed E-state index contributed by atoms with van der Waals surface area (Å²) in [6.45, 7) is 0. The van der Waals surface area contributed by atoms with Crippen LogP contribution in [0.1, 0.15) is 0 Å². The van der Waals surface area contributed by atoms with Crippen molar-refractivity contribution in [3.05, 3.63) is 264 Å². The summed E-state index contributed by atoms with van der Waals surface area (Å²) in [7, 11) is 0. The van der Waals surface area contributed by atoms with Crippen LogP contribution in [0.15, 0.2) is 258 Å². The summed E-state index contributed by atoms with van der Waals surface area (Å²) < 4.78 is 6.93. The van der Waals surface area contributed by atoms with Crippen molar-refractivity contribution in [2.45, 2.75) is 0 Å². The Labute approximate surface area is 467 Å². The summed E-state index contributed by atoms with van der Waals surface area (Å²) in [5.41, 5.74) is 10.9. The second kappa shape index (κ2) is 22.5. The highest BCUT2D eigenvalue weighted by Crippen LogP contribution is 2.35. The molecular formula is C66H41BrCl2N8O. The number of halogens is 3. The summed E-state index contributed by atoms with van der Waals surface area (Å²) in [6, 6.07) is 83.0. The smallest absolute Gasteiger partial charge is 0.226 e. The Morgan fingerprint density at radius 3 is 1.29 bits per heavy atom. The minimum Gasteiger partial charge on any atom is -0.452 e. The van der Waals surface area contributed by atoms with Crippen molar-refractivity contribution >= 4 is 82.7 Å². The van der Waals surface area contributed by atoms with E-state index in [1.54, 1.807) is 0 Å². The molecule has 0 unspecified atom stereocenters. The standard InChI is InChI=1S/C27H18BrN3.C23H14ClN3.C16H9ClN2O/c28-24-17-15-23(16-18-24)27-30-25(21-9-5-2-6-10-21)29-26(31-27)22-13-11-20(12-14-22)19-7-3-1-4-8-19;24-23-26-21(16-7-2-1-3-8-16)25-22(27-23)18-12-13-20-17(14-18)11-10-15-6-4-5-9-19(15)20;17-16-18-13(10-6-2-1-3-7-10)15-14(19-16)11-8-4-5-9-12(11)20-15/h1-18H;1-14H;1-9H. The number of hydrogen-bond acceptors (Lipinski definition) is 9. The van der Waals surface area contributed by atoms with E-state index < -0.39 is 0 Å². The van der Waals surface area contributed by atoms with E-state index in [1.807, 2.05) is 164 Å². The monoisotopic (exact) mass is 1110 g/mol. The zero-order valence-corrected chi connectivity index (χ0v) is 44.4. The van der Waals surface area contributed by atoms with E-state index in [2.05, 4.69) is 126 Å². The second-order valence-corrected chi connectivity index (χ2v) is 19.5. The third-order valence-electron chi connectivity index (χ3n) is 12.9. The van der Waals surface area contributed by atoms with Gasteiger partial charge in [-0.05, 0) is 86.2 Å². The van der Waals surface area contributed by atoms with E-state index in [-0.39, 0.29) is 10.6 Å². The van der Waals surface area contributed by atoms with E-state index in [0.717, 1.165) is 71.0 Å². The topological polar surface area (TPSA) is 116 Å². The molecule has 4 heterocycles. The average molecular weight is 1110 g/mol. The first kappa shape index (κ1) is 49.6. The maximum atomic E-state index is 6.18. The molecule has 0 spiro atoms. The van der Waals surface area contributed by atoms with E-state index >= 15 is 0 Å². The normalized spacial score (nSPS) is 11.0. The second-order valence-electron chi connectivity index (χ2n) is 17.9. The van der Waals surface area contributed by atoms with Gasteiger partial charge < -0.3 is 4.42 Å². The fourth-order valence-corrected chi connectivity index (χ4v) is 9.69. The van der Waals surface area contributed by atoms with Gasteiger partial charge in [0.25, 0.3) is 0 Å². The first-order valence-corrected chi connectivity index (χ1v) is 26.4. The molecule has 0 aliphatic rings. The Kier molecular flexibility index (Phi) is 14.3. The first-order valence-electron chi connectivity index (χ1n) is 24.9. The Bertz CT molecular complexity index is 4400. The quantitative estimate of drug-likeness (QED) is 0.114. The minimum absolute atomic E-state index is 0.192. The van der Waals surface area contributed by atoms with Gasteiger partial charge in [0.2, 0.25) is 10.6 Å². The molecule has 0 fully saturated rings. The molecule has 78 heavy (non-hydrogen) atoms. The Morgan fingerprint density at radius 1 is 0.295 bits per heavy atom. The minimum atomic E-state index is 0.192. The average Bonchev–Trinajstić information content (AvgIpc) is 3.97. The van der Waals surface area contributed by atoms with Gasteiger partial charge in [-0.15, -0.1) is 0 Å². The zero-order valence-electron chi connectivity index (χ0n) is 41.3. The molecule has 0 bridgehead atoms. The molecule has 0 saturated carbocycles.